The number of hydrogen-bond acceptors (Lipinski definition) is 13. The Morgan fingerprint density at radius 1 is 0.722 bits per heavy atom. The number of aliphatic hydroxyl groups excluding tert-OH is 1. The van der Waals surface area contributed by atoms with Gasteiger partial charge in [-0.25, -0.2) is 4.79 Å². The second-order valence-electron chi connectivity index (χ2n) is 19.8. The number of unbranched alkanes of at least 4 members (excludes halogenated alkanes) is 9. The van der Waals surface area contributed by atoms with Crippen LogP contribution in [-0.4, -0.2) is 147 Å². The number of nitrogens with zero attached hydrogens (tertiary/aromatic N) is 4. The molecular weight excluding hydrogens is 925 g/mol. The van der Waals surface area contributed by atoms with E-state index in [-0.39, 0.29) is 63.1 Å². The Kier molecular flexibility index (Phi) is 25.9. The van der Waals surface area contributed by atoms with Gasteiger partial charge in [-0.3, -0.25) is 38.7 Å². The maximum absolute atomic E-state index is 15.4. The van der Waals surface area contributed by atoms with Gasteiger partial charge in [-0.1, -0.05) is 82.1 Å². The number of aliphatic carboxylic acids is 1. The van der Waals surface area contributed by atoms with Gasteiger partial charge in [-0.05, 0) is 114 Å². The summed E-state index contributed by atoms with van der Waals surface area (Å²) in [5, 5.41) is 27.2. The van der Waals surface area contributed by atoms with Crippen LogP contribution in [0.15, 0.2) is 29.3 Å². The van der Waals surface area contributed by atoms with Gasteiger partial charge in [0.05, 0.1) is 12.6 Å². The molecule has 0 bridgehead atoms. The molecular formula is C51H86N12O9. The van der Waals surface area contributed by atoms with Crippen LogP contribution in [0.25, 0.3) is 0 Å². The number of guanidine groups is 1. The highest BCUT2D eigenvalue weighted by Gasteiger charge is 2.52. The summed E-state index contributed by atoms with van der Waals surface area (Å²) in [6, 6.07) is -0.866. The number of aliphatic imine (C=N–C) groups is 1. The number of carbonyl (C=O) groups excluding carboxylic acids is 6. The fraction of sp³-hybridized carbons (Fsp3) is 0.725. The minimum absolute atomic E-state index is 0.0123. The number of rotatable bonds is 32. The number of carboxylic acids is 1. The van der Waals surface area contributed by atoms with Crippen molar-refractivity contribution in [1.82, 2.24) is 25.3 Å². The molecule has 2 fully saturated rings. The number of fused-ring (bicyclic) bond motifs is 2. The molecule has 1 aromatic carbocycles. The Morgan fingerprint density at radius 3 is 1.94 bits per heavy atom. The van der Waals surface area contributed by atoms with Crippen LogP contribution in [0.3, 0.4) is 0 Å². The molecule has 6 amide bonds. The third-order valence-electron chi connectivity index (χ3n) is 14.5. The minimum Gasteiger partial charge on any atom is -0.480 e. The molecule has 8 atom stereocenters. The maximum atomic E-state index is 15.4. The summed E-state index contributed by atoms with van der Waals surface area (Å²) >= 11 is 0. The van der Waals surface area contributed by atoms with E-state index < -0.39 is 84.3 Å². The van der Waals surface area contributed by atoms with Crippen LogP contribution < -0.4 is 45.0 Å². The first-order chi connectivity index (χ1) is 34.7. The number of hydrogen-bond donors (Lipinski definition) is 10. The monoisotopic (exact) mass is 1010 g/mol. The zero-order chi connectivity index (χ0) is 52.6. The van der Waals surface area contributed by atoms with E-state index in [1.165, 1.54) is 9.80 Å². The van der Waals surface area contributed by atoms with Gasteiger partial charge in [-0.2, -0.15) is 0 Å². The van der Waals surface area contributed by atoms with Crippen LogP contribution in [0.4, 0.5) is 0 Å². The average molecular weight is 1010 g/mol. The number of carboxylic acid groups (broad SMARTS) is 1. The van der Waals surface area contributed by atoms with E-state index in [9.17, 15) is 29.4 Å². The van der Waals surface area contributed by atoms with Crippen molar-refractivity contribution in [3.8, 4) is 0 Å². The summed E-state index contributed by atoms with van der Waals surface area (Å²) in [5.41, 5.74) is 36.0. The lowest BCUT2D eigenvalue weighted by molar-refractivity contribution is -0.163. The quantitative estimate of drug-likeness (QED) is 0.0273. The second-order valence-corrected chi connectivity index (χ2v) is 19.8. The number of nitrogens with one attached hydrogen (secondary N) is 2. The molecule has 404 valence electrons. The summed E-state index contributed by atoms with van der Waals surface area (Å²) in [5.74, 6) is -5.89. The predicted molar refractivity (Wildman–Crippen MR) is 274 cm³/mol. The lowest BCUT2D eigenvalue weighted by atomic mass is 9.84. The molecule has 72 heavy (non-hydrogen) atoms. The lowest BCUT2D eigenvalue weighted by Gasteiger charge is -2.43. The number of amides is 6. The number of imide groups is 1. The number of benzene rings is 1. The highest BCUT2D eigenvalue weighted by molar-refractivity contribution is 6.04. The molecule has 21 heteroatoms. The highest BCUT2D eigenvalue weighted by Crippen LogP contribution is 2.41. The highest BCUT2D eigenvalue weighted by atomic mass is 16.4. The number of likely N-dealkylation sites (tertiary alicyclic amines) is 1. The van der Waals surface area contributed by atoms with Crippen molar-refractivity contribution in [2.24, 2.45) is 45.3 Å². The molecule has 0 spiro atoms. The van der Waals surface area contributed by atoms with Crippen LogP contribution in [0, 0.1) is 5.92 Å². The van der Waals surface area contributed by atoms with Gasteiger partial charge in [0, 0.05) is 32.0 Å². The Balaban J connectivity index is 1.74. The molecule has 21 nitrogen and oxygen atoms in total. The van der Waals surface area contributed by atoms with Gasteiger partial charge in [-0.15, -0.1) is 0 Å². The van der Waals surface area contributed by atoms with Gasteiger partial charge in [0.25, 0.3) is 5.91 Å². The first-order valence-corrected chi connectivity index (χ1v) is 26.6. The van der Waals surface area contributed by atoms with E-state index in [1.54, 1.807) is 6.07 Å². The van der Waals surface area contributed by atoms with Crippen molar-refractivity contribution < 1.29 is 43.8 Å². The molecule has 1 aliphatic carbocycles. The fourth-order valence-corrected chi connectivity index (χ4v) is 10.5. The van der Waals surface area contributed by atoms with Gasteiger partial charge in [0.1, 0.15) is 30.2 Å². The SMILES string of the molecule is NCCCCCCCCCCC(=O)N(C(=O)[C@H](CCCN=C(N)N)NC(=O)[C@H](CCCCN)NC(=O)[C@@H](N)CCCCN)[C@@H](CO)C(=O)N1Cc2ccccc2C[C@@H]1C(=O)N1[C@H](C(=O)O)C[C@@H]2CCCC[C@@H]21. The largest absolute Gasteiger partial charge is 0.480 e. The number of aliphatic hydroxyl groups is 1. The third kappa shape index (κ3) is 17.5. The van der Waals surface area contributed by atoms with E-state index in [1.807, 2.05) is 18.2 Å². The van der Waals surface area contributed by atoms with Crippen molar-refractivity contribution in [3.63, 3.8) is 0 Å². The van der Waals surface area contributed by atoms with Gasteiger partial charge in [0.15, 0.2) is 5.96 Å². The van der Waals surface area contributed by atoms with E-state index in [2.05, 4.69) is 15.6 Å². The van der Waals surface area contributed by atoms with Crippen LogP contribution >= 0.6 is 0 Å². The molecule has 1 saturated heterocycles. The Hall–Kier alpha value is -5.22. The zero-order valence-corrected chi connectivity index (χ0v) is 42.4. The second kappa shape index (κ2) is 31.4. The Bertz CT molecular complexity index is 1950. The molecule has 4 rings (SSSR count). The van der Waals surface area contributed by atoms with Gasteiger partial charge >= 0.3 is 5.97 Å². The summed E-state index contributed by atoms with van der Waals surface area (Å²) in [4.78, 5) is 108. The van der Waals surface area contributed by atoms with E-state index >= 15 is 14.4 Å². The van der Waals surface area contributed by atoms with Crippen LogP contribution in [-0.2, 0) is 46.5 Å². The lowest BCUT2D eigenvalue weighted by Crippen LogP contribution is -2.64. The summed E-state index contributed by atoms with van der Waals surface area (Å²) < 4.78 is 0. The molecule has 2 heterocycles. The fourth-order valence-electron chi connectivity index (χ4n) is 10.5. The smallest absolute Gasteiger partial charge is 0.326 e. The van der Waals surface area contributed by atoms with Crippen LogP contribution in [0.2, 0.25) is 0 Å². The van der Waals surface area contributed by atoms with Crippen molar-refractivity contribution in [2.45, 2.75) is 197 Å². The summed E-state index contributed by atoms with van der Waals surface area (Å²) in [6.07, 6.45) is 12.7. The predicted octanol–water partition coefficient (Wildman–Crippen LogP) is 0.978. The Labute approximate surface area is 425 Å². The molecule has 0 aromatic heterocycles. The third-order valence-corrected chi connectivity index (χ3v) is 14.5. The average Bonchev–Trinajstić information content (AvgIpc) is 3.77. The van der Waals surface area contributed by atoms with E-state index in [0.717, 1.165) is 68.3 Å². The van der Waals surface area contributed by atoms with E-state index in [4.69, 9.17) is 34.4 Å². The molecule has 0 unspecified atom stereocenters. The molecule has 3 aliphatic rings. The van der Waals surface area contributed by atoms with Gasteiger partial charge < -0.3 is 65.0 Å². The summed E-state index contributed by atoms with van der Waals surface area (Å²) in [7, 11) is 0. The summed E-state index contributed by atoms with van der Waals surface area (Å²) in [6.45, 7) is 0.263. The standard InChI is InChI=1S/C51H86N12O9/c52-26-14-6-4-2-1-3-5-7-25-44(65)63(47(68)39(23-17-29-58-51(56)57)60-46(67)38(22-13-16-28-54)59-45(66)37(55)21-12-15-27-53)43(33-64)48(69)61-32-36-20-9-8-18-34(36)30-41(61)49(70)62-40-24-11-10-19-35(40)31-42(62)50(71)72/h8-9,18,20,35,37-43,64H,1-7,10-17,19,21-33,52-55H2,(H,59,66)(H,60,67)(H,71,72)(H4,56,57,58)/t35-,37-,38-,39-,40-,41+,42-,43-/m0/s1. The Morgan fingerprint density at radius 2 is 1.31 bits per heavy atom. The molecule has 2 aliphatic heterocycles. The van der Waals surface area contributed by atoms with Crippen LogP contribution in [0.1, 0.15) is 152 Å². The topological polar surface area (TPSA) is 362 Å². The number of carbonyl (C=O) groups is 7. The van der Waals surface area contributed by atoms with Crippen molar-refractivity contribution in [3.05, 3.63) is 35.4 Å². The minimum atomic E-state index is -1.85. The van der Waals surface area contributed by atoms with Crippen molar-refractivity contribution in [1.29, 1.82) is 0 Å². The zero-order valence-electron chi connectivity index (χ0n) is 42.4. The molecule has 16 N–H and O–H groups in total. The molecule has 1 aromatic rings. The van der Waals surface area contributed by atoms with Crippen molar-refractivity contribution >= 4 is 47.4 Å². The molecule has 0 radical (unpaired) electrons. The molecule has 1 saturated carbocycles. The van der Waals surface area contributed by atoms with Gasteiger partial charge in [0.2, 0.25) is 29.5 Å². The van der Waals surface area contributed by atoms with E-state index in [0.29, 0.717) is 83.0 Å². The maximum Gasteiger partial charge on any atom is 0.326 e. The van der Waals surface area contributed by atoms with Crippen LogP contribution in [0.5, 0.6) is 0 Å². The van der Waals surface area contributed by atoms with Crippen molar-refractivity contribution in [2.75, 3.05) is 32.8 Å². The number of nitrogens with two attached hydrogens (primary N) is 6. The normalized spacial score (nSPS) is 20.0. The first-order valence-electron chi connectivity index (χ1n) is 26.6. The first kappa shape index (κ1) is 59.3.